The van der Waals surface area contributed by atoms with Gasteiger partial charge in [-0.2, -0.15) is 4.98 Å². The van der Waals surface area contributed by atoms with Crippen LogP contribution in [0.15, 0.2) is 24.4 Å². The molecule has 1 aliphatic rings. The largest absolute Gasteiger partial charge is 0.507 e. The van der Waals surface area contributed by atoms with Crippen molar-refractivity contribution >= 4 is 11.8 Å². The Bertz CT molecular complexity index is 776. The first-order chi connectivity index (χ1) is 13.3. The van der Waals surface area contributed by atoms with E-state index in [4.69, 9.17) is 5.73 Å². The van der Waals surface area contributed by atoms with Crippen molar-refractivity contribution in [2.45, 2.75) is 58.0 Å². The zero-order valence-electron chi connectivity index (χ0n) is 17.4. The van der Waals surface area contributed by atoms with Crippen molar-refractivity contribution in [1.82, 2.24) is 9.97 Å². The van der Waals surface area contributed by atoms with E-state index in [2.05, 4.69) is 15.3 Å². The van der Waals surface area contributed by atoms with Gasteiger partial charge < -0.3 is 21.1 Å². The molecule has 0 spiro atoms. The van der Waals surface area contributed by atoms with Crippen LogP contribution >= 0.6 is 0 Å². The predicted octanol–water partition coefficient (Wildman–Crippen LogP) is 3.93. The Hall–Kier alpha value is -2.34. The third-order valence-electron chi connectivity index (χ3n) is 5.81. The fourth-order valence-electron chi connectivity index (χ4n) is 4.09. The molecular weight excluding hydrogens is 350 g/mol. The van der Waals surface area contributed by atoms with Crippen LogP contribution in [-0.4, -0.2) is 35.2 Å². The summed E-state index contributed by atoms with van der Waals surface area (Å²) in [5.41, 5.74) is 9.42. The quantitative estimate of drug-likeness (QED) is 0.701. The van der Waals surface area contributed by atoms with Gasteiger partial charge in [-0.25, -0.2) is 4.98 Å². The summed E-state index contributed by atoms with van der Waals surface area (Å²) >= 11 is 0. The Morgan fingerprint density at radius 3 is 2.43 bits per heavy atom. The number of aryl methyl sites for hydroxylation is 2. The number of anilines is 2. The molecule has 6 heteroatoms. The molecule has 0 aliphatic heterocycles. The first-order valence-corrected chi connectivity index (χ1v) is 10.2. The van der Waals surface area contributed by atoms with Gasteiger partial charge in [0, 0.05) is 32.4 Å². The van der Waals surface area contributed by atoms with E-state index in [1.165, 1.54) is 0 Å². The van der Waals surface area contributed by atoms with Crippen molar-refractivity contribution in [2.24, 2.45) is 11.7 Å². The van der Waals surface area contributed by atoms with E-state index < -0.39 is 0 Å². The number of aromatic hydroxyl groups is 1. The van der Waals surface area contributed by atoms with Gasteiger partial charge >= 0.3 is 0 Å². The summed E-state index contributed by atoms with van der Waals surface area (Å²) in [7, 11) is 3.97. The molecule has 6 nitrogen and oxygen atoms in total. The molecule has 2 aromatic rings. The average molecular weight is 384 g/mol. The van der Waals surface area contributed by atoms with Crippen molar-refractivity contribution in [3.8, 4) is 5.75 Å². The van der Waals surface area contributed by atoms with E-state index in [0.717, 1.165) is 54.6 Å². The average Bonchev–Trinajstić information content (AvgIpc) is 2.67. The second-order valence-corrected chi connectivity index (χ2v) is 8.34. The molecule has 1 saturated carbocycles. The van der Waals surface area contributed by atoms with Crippen LogP contribution in [0.4, 0.5) is 11.8 Å². The summed E-state index contributed by atoms with van der Waals surface area (Å²) in [5, 5.41) is 13.5. The maximum atomic E-state index is 9.97. The van der Waals surface area contributed by atoms with Gasteiger partial charge in [-0.15, -0.1) is 0 Å². The molecule has 1 unspecified atom stereocenters. The Morgan fingerprint density at radius 2 is 1.82 bits per heavy atom. The van der Waals surface area contributed by atoms with Crippen molar-refractivity contribution in [2.75, 3.05) is 24.3 Å². The van der Waals surface area contributed by atoms with Crippen LogP contribution in [0.2, 0.25) is 0 Å². The summed E-state index contributed by atoms with van der Waals surface area (Å²) in [6, 6.07) is 6.40. The lowest BCUT2D eigenvalue weighted by atomic mass is 9.81. The van der Waals surface area contributed by atoms with Crippen LogP contribution in [-0.2, 0) is 0 Å². The molecule has 0 saturated heterocycles. The van der Waals surface area contributed by atoms with Gasteiger partial charge in [-0.05, 0) is 74.6 Å². The van der Waals surface area contributed by atoms with Gasteiger partial charge in [-0.1, -0.05) is 12.1 Å². The Balaban J connectivity index is 1.52. The van der Waals surface area contributed by atoms with Crippen LogP contribution in [0.5, 0.6) is 5.75 Å². The third kappa shape index (κ3) is 4.93. The van der Waals surface area contributed by atoms with E-state index in [0.29, 0.717) is 23.7 Å². The van der Waals surface area contributed by atoms with Crippen molar-refractivity contribution in [3.05, 3.63) is 41.1 Å². The molecule has 1 heterocycles. The fraction of sp³-hybridized carbons (Fsp3) is 0.545. The van der Waals surface area contributed by atoms with Crippen LogP contribution in [0.1, 0.15) is 54.8 Å². The van der Waals surface area contributed by atoms with Crippen LogP contribution in [0, 0.1) is 19.8 Å². The highest BCUT2D eigenvalue weighted by Gasteiger charge is 2.24. The summed E-state index contributed by atoms with van der Waals surface area (Å²) in [5.74, 6) is 2.64. The lowest BCUT2D eigenvalue weighted by molar-refractivity contribution is 0.303. The monoisotopic (exact) mass is 383 g/mol. The summed E-state index contributed by atoms with van der Waals surface area (Å²) in [6.45, 7) is 3.87. The van der Waals surface area contributed by atoms with E-state index in [1.807, 2.05) is 51.0 Å². The van der Waals surface area contributed by atoms with Gasteiger partial charge in [-0.3, -0.25) is 0 Å². The van der Waals surface area contributed by atoms with E-state index >= 15 is 0 Å². The number of hydrogen-bond donors (Lipinski definition) is 3. The topological polar surface area (TPSA) is 87.3 Å². The van der Waals surface area contributed by atoms with Gasteiger partial charge in [0.15, 0.2) is 0 Å². The highest BCUT2D eigenvalue weighted by Crippen LogP contribution is 2.34. The minimum absolute atomic E-state index is 0.0209. The molecule has 1 aromatic carbocycles. The SMILES string of the molecule is Cc1cc(C(N)CC2CCC(Nc3nccc(N(C)C)n3)CC2)cc(C)c1O. The molecule has 1 atom stereocenters. The number of nitrogens with two attached hydrogens (primary N) is 1. The number of nitrogens with zero attached hydrogens (tertiary/aromatic N) is 3. The number of hydrogen-bond acceptors (Lipinski definition) is 6. The maximum Gasteiger partial charge on any atom is 0.224 e. The highest BCUT2D eigenvalue weighted by atomic mass is 16.3. The summed E-state index contributed by atoms with van der Waals surface area (Å²) < 4.78 is 0. The second-order valence-electron chi connectivity index (χ2n) is 8.34. The number of phenolic OH excluding ortho intramolecular Hbond substituents is 1. The van der Waals surface area contributed by atoms with E-state index in [1.54, 1.807) is 6.20 Å². The number of rotatable bonds is 6. The number of aromatic nitrogens is 2. The smallest absolute Gasteiger partial charge is 0.224 e. The van der Waals surface area contributed by atoms with Crippen LogP contribution < -0.4 is 16.0 Å². The third-order valence-corrected chi connectivity index (χ3v) is 5.81. The summed E-state index contributed by atoms with van der Waals surface area (Å²) in [6.07, 6.45) is 7.34. The Labute approximate surface area is 168 Å². The Morgan fingerprint density at radius 1 is 1.18 bits per heavy atom. The zero-order chi connectivity index (χ0) is 20.3. The van der Waals surface area contributed by atoms with Gasteiger partial charge in [0.2, 0.25) is 5.95 Å². The molecule has 3 rings (SSSR count). The molecular formula is C22H33N5O. The summed E-state index contributed by atoms with van der Waals surface area (Å²) in [4.78, 5) is 10.9. The fourth-order valence-corrected chi connectivity index (χ4v) is 4.09. The predicted molar refractivity (Wildman–Crippen MR) is 115 cm³/mol. The van der Waals surface area contributed by atoms with E-state index in [-0.39, 0.29) is 6.04 Å². The molecule has 4 N–H and O–H groups in total. The molecule has 1 aliphatic carbocycles. The van der Waals surface area contributed by atoms with E-state index in [9.17, 15) is 5.11 Å². The lowest BCUT2D eigenvalue weighted by Crippen LogP contribution is -2.28. The van der Waals surface area contributed by atoms with Gasteiger partial charge in [0.05, 0.1) is 0 Å². The number of benzene rings is 1. The standard InChI is InChI=1S/C22H33N5O/c1-14-11-17(12-15(2)21(14)28)19(23)13-16-5-7-18(8-6-16)25-22-24-10-9-20(26-22)27(3)4/h9-12,16,18-19,28H,5-8,13,23H2,1-4H3,(H,24,25,26). The molecule has 152 valence electrons. The van der Waals surface area contributed by atoms with Crippen molar-refractivity contribution in [3.63, 3.8) is 0 Å². The number of nitrogens with one attached hydrogen (secondary N) is 1. The lowest BCUT2D eigenvalue weighted by Gasteiger charge is -2.31. The molecule has 1 aromatic heterocycles. The molecule has 1 fully saturated rings. The van der Waals surface area contributed by atoms with Crippen molar-refractivity contribution in [1.29, 1.82) is 0 Å². The molecule has 0 radical (unpaired) electrons. The molecule has 0 amide bonds. The number of phenols is 1. The van der Waals surface area contributed by atoms with Gasteiger partial charge in [0.1, 0.15) is 11.6 Å². The first-order valence-electron chi connectivity index (χ1n) is 10.2. The van der Waals surface area contributed by atoms with Crippen LogP contribution in [0.25, 0.3) is 0 Å². The molecule has 28 heavy (non-hydrogen) atoms. The first kappa shape index (κ1) is 20.4. The van der Waals surface area contributed by atoms with Crippen molar-refractivity contribution < 1.29 is 5.11 Å². The van der Waals surface area contributed by atoms with Gasteiger partial charge in [0.25, 0.3) is 0 Å². The molecule has 0 bridgehead atoms. The minimum Gasteiger partial charge on any atom is -0.507 e. The maximum absolute atomic E-state index is 9.97. The highest BCUT2D eigenvalue weighted by molar-refractivity contribution is 5.43. The van der Waals surface area contributed by atoms with Crippen LogP contribution in [0.3, 0.4) is 0 Å². The second kappa shape index (κ2) is 8.78. The minimum atomic E-state index is 0.0209. The zero-order valence-corrected chi connectivity index (χ0v) is 17.4. The Kier molecular flexibility index (Phi) is 6.39. The normalized spacial score (nSPS) is 20.6.